The van der Waals surface area contributed by atoms with Gasteiger partial charge in [0.05, 0.1) is 0 Å². The minimum Gasteiger partial charge on any atom is -0.235 e. The van der Waals surface area contributed by atoms with Gasteiger partial charge in [-0.25, -0.2) is 12.5 Å². The molecule has 0 N–H and O–H groups in total. The van der Waals surface area contributed by atoms with Gasteiger partial charge in [-0.15, -0.1) is 0 Å². The van der Waals surface area contributed by atoms with Gasteiger partial charge in [-0.05, 0) is 41.4 Å². The van der Waals surface area contributed by atoms with Crippen molar-refractivity contribution in [3.8, 4) is 0 Å². The maximum Gasteiger partial charge on any atom is 0.191 e. The van der Waals surface area contributed by atoms with E-state index in [9.17, 15) is 0 Å². The zero-order valence-electron chi connectivity index (χ0n) is 13.5. The third-order valence-electron chi connectivity index (χ3n) is 4.86. The molecule has 0 heterocycles. The van der Waals surface area contributed by atoms with Crippen LogP contribution in [0, 0.1) is 28.6 Å². The SMILES string of the molecule is C[C@H](C1CC(CC(C)(C)C)CC1[B]S)C(C)(C)C. The monoisotopic (exact) mass is 267 g/mol. The second-order valence-electron chi connectivity index (χ2n) is 8.73. The van der Waals surface area contributed by atoms with Gasteiger partial charge in [0.2, 0.25) is 0 Å². The zero-order chi connectivity index (χ0) is 14.1. The maximum atomic E-state index is 4.49. The Labute approximate surface area is 121 Å². The molecule has 105 valence electrons. The smallest absolute Gasteiger partial charge is 0.191 e. The summed E-state index contributed by atoms with van der Waals surface area (Å²) in [5, 5.41) is 0. The van der Waals surface area contributed by atoms with Crippen LogP contribution < -0.4 is 0 Å². The lowest BCUT2D eigenvalue weighted by Gasteiger charge is -2.35. The summed E-state index contributed by atoms with van der Waals surface area (Å²) in [7, 11) is 0. The molecular formula is C16H32BS. The minimum absolute atomic E-state index is 0.413. The molecule has 4 atom stereocenters. The summed E-state index contributed by atoms with van der Waals surface area (Å²) >= 11 is 4.49. The fourth-order valence-corrected chi connectivity index (χ4v) is 3.98. The van der Waals surface area contributed by atoms with Crippen LogP contribution in [0.2, 0.25) is 5.82 Å². The number of rotatable bonds is 3. The highest BCUT2D eigenvalue weighted by atomic mass is 32.1. The third kappa shape index (κ3) is 4.51. The van der Waals surface area contributed by atoms with E-state index >= 15 is 0 Å². The fourth-order valence-electron chi connectivity index (χ4n) is 3.64. The van der Waals surface area contributed by atoms with Gasteiger partial charge in [0.1, 0.15) is 0 Å². The van der Waals surface area contributed by atoms with E-state index in [1.54, 1.807) is 0 Å². The lowest BCUT2D eigenvalue weighted by Crippen LogP contribution is -2.27. The lowest BCUT2D eigenvalue weighted by molar-refractivity contribution is 0.172. The van der Waals surface area contributed by atoms with E-state index in [0.717, 1.165) is 23.6 Å². The van der Waals surface area contributed by atoms with Gasteiger partial charge in [-0.2, -0.15) is 0 Å². The van der Waals surface area contributed by atoms with E-state index in [4.69, 9.17) is 0 Å². The second kappa shape index (κ2) is 5.81. The highest BCUT2D eigenvalue weighted by Crippen LogP contribution is 2.51. The fraction of sp³-hybridized carbons (Fsp3) is 1.00. The summed E-state index contributed by atoms with van der Waals surface area (Å²) in [5.41, 5.74) is 0.877. The number of thiol groups is 1. The van der Waals surface area contributed by atoms with Gasteiger partial charge >= 0.3 is 0 Å². The van der Waals surface area contributed by atoms with Crippen LogP contribution in [0.15, 0.2) is 0 Å². The highest BCUT2D eigenvalue weighted by Gasteiger charge is 2.41. The Bertz CT molecular complexity index is 261. The first-order valence-corrected chi connectivity index (χ1v) is 8.04. The third-order valence-corrected chi connectivity index (χ3v) is 5.24. The lowest BCUT2D eigenvalue weighted by atomic mass is 9.65. The average molecular weight is 267 g/mol. The largest absolute Gasteiger partial charge is 0.235 e. The Hall–Kier alpha value is 0.415. The first-order valence-electron chi connectivity index (χ1n) is 7.52. The van der Waals surface area contributed by atoms with Crippen molar-refractivity contribution in [1.82, 2.24) is 0 Å². The van der Waals surface area contributed by atoms with Crippen LogP contribution in [-0.4, -0.2) is 6.56 Å². The van der Waals surface area contributed by atoms with Crippen molar-refractivity contribution in [3.05, 3.63) is 0 Å². The standard InChI is InChI=1S/C16H32BS/c1-11(16(5,6)7)13-8-12(9-14(13)17-18)10-15(2,3)4/h11-14,18H,8-10H2,1-7H3/t11-,12?,13?,14?/m1/s1. The summed E-state index contributed by atoms with van der Waals surface area (Å²) < 4.78 is 0. The summed E-state index contributed by atoms with van der Waals surface area (Å²) in [5.74, 6) is 3.22. The quantitative estimate of drug-likeness (QED) is 0.509. The first-order chi connectivity index (χ1) is 8.04. The topological polar surface area (TPSA) is 0 Å². The van der Waals surface area contributed by atoms with Gasteiger partial charge < -0.3 is 0 Å². The van der Waals surface area contributed by atoms with Crippen LogP contribution in [0.1, 0.15) is 67.7 Å². The van der Waals surface area contributed by atoms with E-state index in [1.165, 1.54) is 19.3 Å². The van der Waals surface area contributed by atoms with Crippen molar-refractivity contribution < 1.29 is 0 Å². The van der Waals surface area contributed by atoms with Gasteiger partial charge in [0.15, 0.2) is 6.56 Å². The predicted octanol–water partition coefficient (Wildman–Crippen LogP) is 5.47. The number of hydrogen-bond acceptors (Lipinski definition) is 1. The molecule has 0 saturated heterocycles. The van der Waals surface area contributed by atoms with Gasteiger partial charge in [0.25, 0.3) is 0 Å². The summed E-state index contributed by atoms with van der Waals surface area (Å²) in [6, 6.07) is 0. The molecular weight excluding hydrogens is 235 g/mol. The van der Waals surface area contributed by atoms with Gasteiger partial charge in [-0.1, -0.05) is 60.7 Å². The van der Waals surface area contributed by atoms with Crippen LogP contribution in [0.25, 0.3) is 0 Å². The molecule has 1 saturated carbocycles. The molecule has 1 radical (unpaired) electrons. The van der Waals surface area contributed by atoms with Crippen LogP contribution in [-0.2, 0) is 0 Å². The molecule has 0 spiro atoms. The first kappa shape index (κ1) is 16.5. The van der Waals surface area contributed by atoms with E-state index in [0.29, 0.717) is 10.8 Å². The minimum atomic E-state index is 0.413. The normalized spacial score (nSPS) is 31.4. The molecule has 0 aromatic rings. The molecule has 0 aromatic heterocycles. The summed E-state index contributed by atoms with van der Waals surface area (Å²) in [6.45, 7) is 18.9. The second-order valence-corrected chi connectivity index (χ2v) is 9.03. The van der Waals surface area contributed by atoms with E-state index in [2.05, 4.69) is 67.5 Å². The molecule has 1 rings (SSSR count). The van der Waals surface area contributed by atoms with Crippen molar-refractivity contribution >= 4 is 19.0 Å². The molecule has 0 aromatic carbocycles. The maximum absolute atomic E-state index is 4.49. The van der Waals surface area contributed by atoms with Crippen molar-refractivity contribution in [2.45, 2.75) is 73.5 Å². The molecule has 0 nitrogen and oxygen atoms in total. The Morgan fingerprint density at radius 2 is 1.67 bits per heavy atom. The van der Waals surface area contributed by atoms with E-state index in [1.807, 2.05) is 0 Å². The highest BCUT2D eigenvalue weighted by molar-refractivity contribution is 8.07. The summed E-state index contributed by atoms with van der Waals surface area (Å²) in [4.78, 5) is 0. The molecule has 0 bridgehead atoms. The van der Waals surface area contributed by atoms with E-state index < -0.39 is 0 Å². The van der Waals surface area contributed by atoms with Crippen LogP contribution in [0.3, 0.4) is 0 Å². The average Bonchev–Trinajstić information content (AvgIpc) is 2.55. The Kier molecular flexibility index (Phi) is 5.32. The molecule has 1 aliphatic carbocycles. The molecule has 0 aliphatic heterocycles. The van der Waals surface area contributed by atoms with Crippen molar-refractivity contribution in [2.75, 3.05) is 0 Å². The van der Waals surface area contributed by atoms with Crippen LogP contribution in [0.5, 0.6) is 0 Å². The van der Waals surface area contributed by atoms with Crippen molar-refractivity contribution in [2.24, 2.45) is 28.6 Å². The Morgan fingerprint density at radius 1 is 1.11 bits per heavy atom. The Morgan fingerprint density at radius 3 is 2.06 bits per heavy atom. The predicted molar refractivity (Wildman–Crippen MR) is 87.4 cm³/mol. The van der Waals surface area contributed by atoms with Crippen molar-refractivity contribution in [1.29, 1.82) is 0 Å². The number of hydrogen-bond donors (Lipinski definition) is 1. The molecule has 2 heteroatoms. The Balaban J connectivity index is 2.70. The molecule has 1 fully saturated rings. The molecule has 0 amide bonds. The van der Waals surface area contributed by atoms with Gasteiger partial charge in [0, 0.05) is 0 Å². The van der Waals surface area contributed by atoms with E-state index in [-0.39, 0.29) is 0 Å². The van der Waals surface area contributed by atoms with Gasteiger partial charge in [-0.3, -0.25) is 0 Å². The molecule has 18 heavy (non-hydrogen) atoms. The van der Waals surface area contributed by atoms with Crippen molar-refractivity contribution in [3.63, 3.8) is 0 Å². The molecule has 3 unspecified atom stereocenters. The zero-order valence-corrected chi connectivity index (χ0v) is 14.3. The van der Waals surface area contributed by atoms with Crippen LogP contribution >= 0.6 is 12.5 Å². The van der Waals surface area contributed by atoms with Crippen LogP contribution in [0.4, 0.5) is 0 Å². The molecule has 1 aliphatic rings. The summed E-state index contributed by atoms with van der Waals surface area (Å²) in [6.07, 6.45) is 4.11.